The van der Waals surface area contributed by atoms with E-state index in [2.05, 4.69) is 15.1 Å². The lowest BCUT2D eigenvalue weighted by Crippen LogP contribution is -2.08. The van der Waals surface area contributed by atoms with Crippen molar-refractivity contribution >= 4 is 11.6 Å². The Morgan fingerprint density at radius 3 is 2.76 bits per heavy atom. The first-order valence-electron chi connectivity index (χ1n) is 5.21. The lowest BCUT2D eigenvalue weighted by Gasteiger charge is -2.09. The first kappa shape index (κ1) is 12.0. The maximum absolute atomic E-state index is 10.0. The molecule has 2 aromatic rings. The van der Waals surface area contributed by atoms with Gasteiger partial charge in [-0.3, -0.25) is 14.6 Å². The summed E-state index contributed by atoms with van der Waals surface area (Å²) < 4.78 is 1.68. The van der Waals surface area contributed by atoms with Gasteiger partial charge >= 0.3 is 0 Å². The molecule has 0 aromatic carbocycles. The smallest absolute Gasteiger partial charge is 0.103 e. The number of aliphatic hydroxyl groups is 1. The number of rotatable bonds is 3. The van der Waals surface area contributed by atoms with Gasteiger partial charge in [-0.2, -0.15) is 5.10 Å². The van der Waals surface area contributed by atoms with Crippen LogP contribution in [0.5, 0.6) is 0 Å². The molecule has 1 unspecified atom stereocenters. The van der Waals surface area contributed by atoms with E-state index in [-0.39, 0.29) is 0 Å². The van der Waals surface area contributed by atoms with Gasteiger partial charge in [0.2, 0.25) is 0 Å². The standard InChI is InChI=1S/C11H13ClN4O/c1-7-11(12)9(16(2)15-7)5-10(17)8-6-13-3-4-14-8/h3-4,6,10,17H,5H2,1-2H3. The summed E-state index contributed by atoms with van der Waals surface area (Å²) >= 11 is 6.12. The normalized spacial score (nSPS) is 12.7. The fourth-order valence-corrected chi connectivity index (χ4v) is 1.91. The van der Waals surface area contributed by atoms with Gasteiger partial charge < -0.3 is 5.11 Å². The molecule has 1 N–H and O–H groups in total. The van der Waals surface area contributed by atoms with E-state index in [9.17, 15) is 5.11 Å². The predicted molar refractivity (Wildman–Crippen MR) is 63.7 cm³/mol. The summed E-state index contributed by atoms with van der Waals surface area (Å²) in [5.41, 5.74) is 2.08. The van der Waals surface area contributed by atoms with E-state index in [1.807, 2.05) is 6.92 Å². The SMILES string of the molecule is Cc1nn(C)c(CC(O)c2cnccn2)c1Cl. The minimum Gasteiger partial charge on any atom is -0.386 e. The minimum absolute atomic E-state index is 0.370. The third-order valence-electron chi connectivity index (χ3n) is 2.57. The van der Waals surface area contributed by atoms with E-state index in [1.165, 1.54) is 0 Å². The fraction of sp³-hybridized carbons (Fsp3) is 0.364. The molecule has 0 saturated carbocycles. The lowest BCUT2D eigenvalue weighted by atomic mass is 10.1. The summed E-state index contributed by atoms with van der Waals surface area (Å²) in [6.07, 6.45) is 4.30. The third kappa shape index (κ3) is 2.45. The van der Waals surface area contributed by atoms with Crippen molar-refractivity contribution in [3.63, 3.8) is 0 Å². The molecule has 0 amide bonds. The van der Waals surface area contributed by atoms with Crippen LogP contribution in [0.25, 0.3) is 0 Å². The van der Waals surface area contributed by atoms with Gasteiger partial charge in [0.05, 0.1) is 28.3 Å². The van der Waals surface area contributed by atoms with Crippen LogP contribution in [-0.4, -0.2) is 24.9 Å². The van der Waals surface area contributed by atoms with Gasteiger partial charge in [-0.05, 0) is 6.92 Å². The number of nitrogens with zero attached hydrogens (tertiary/aromatic N) is 4. The van der Waals surface area contributed by atoms with Crippen LogP contribution in [0.15, 0.2) is 18.6 Å². The van der Waals surface area contributed by atoms with Crippen molar-refractivity contribution < 1.29 is 5.11 Å². The third-order valence-corrected chi connectivity index (χ3v) is 3.06. The Kier molecular flexibility index (Phi) is 3.40. The van der Waals surface area contributed by atoms with E-state index < -0.39 is 6.10 Å². The molecule has 17 heavy (non-hydrogen) atoms. The number of hydrogen-bond donors (Lipinski definition) is 1. The minimum atomic E-state index is -0.726. The van der Waals surface area contributed by atoms with Crippen molar-refractivity contribution in [3.8, 4) is 0 Å². The van der Waals surface area contributed by atoms with Crippen molar-refractivity contribution in [1.82, 2.24) is 19.7 Å². The highest BCUT2D eigenvalue weighted by atomic mass is 35.5. The molecule has 2 heterocycles. The molecule has 0 spiro atoms. The average Bonchev–Trinajstić information content (AvgIpc) is 2.57. The second-order valence-electron chi connectivity index (χ2n) is 3.82. The number of halogens is 1. The highest BCUT2D eigenvalue weighted by Crippen LogP contribution is 2.24. The molecule has 0 fully saturated rings. The van der Waals surface area contributed by atoms with Crippen LogP contribution in [0.3, 0.4) is 0 Å². The topological polar surface area (TPSA) is 63.8 Å². The first-order chi connectivity index (χ1) is 8.09. The van der Waals surface area contributed by atoms with Gasteiger partial charge in [0.1, 0.15) is 6.10 Å². The zero-order valence-corrected chi connectivity index (χ0v) is 10.4. The number of aromatic nitrogens is 4. The Morgan fingerprint density at radius 2 is 2.24 bits per heavy atom. The van der Waals surface area contributed by atoms with Gasteiger partial charge in [-0.25, -0.2) is 0 Å². The molecule has 0 aliphatic carbocycles. The quantitative estimate of drug-likeness (QED) is 0.898. The second-order valence-corrected chi connectivity index (χ2v) is 4.20. The molecule has 0 bridgehead atoms. The van der Waals surface area contributed by atoms with Crippen LogP contribution in [0.4, 0.5) is 0 Å². The molecule has 2 rings (SSSR count). The van der Waals surface area contributed by atoms with Crippen molar-refractivity contribution in [2.45, 2.75) is 19.4 Å². The summed E-state index contributed by atoms with van der Waals surface area (Å²) in [6.45, 7) is 1.83. The van der Waals surface area contributed by atoms with Crippen LogP contribution >= 0.6 is 11.6 Å². The molecule has 0 saturated heterocycles. The largest absolute Gasteiger partial charge is 0.386 e. The van der Waals surface area contributed by atoms with Crippen molar-refractivity contribution in [1.29, 1.82) is 0 Å². The van der Waals surface area contributed by atoms with Gasteiger partial charge in [-0.15, -0.1) is 0 Å². The Hall–Kier alpha value is -1.46. The Morgan fingerprint density at radius 1 is 1.47 bits per heavy atom. The van der Waals surface area contributed by atoms with Crippen LogP contribution in [0.2, 0.25) is 5.02 Å². The summed E-state index contributed by atoms with van der Waals surface area (Å²) in [7, 11) is 1.80. The predicted octanol–water partition coefficient (Wildman–Crippen LogP) is 1.45. The van der Waals surface area contributed by atoms with Crippen LogP contribution in [0.1, 0.15) is 23.2 Å². The van der Waals surface area contributed by atoms with Crippen LogP contribution in [-0.2, 0) is 13.5 Å². The van der Waals surface area contributed by atoms with E-state index in [1.54, 1.807) is 30.3 Å². The highest BCUT2D eigenvalue weighted by Gasteiger charge is 2.17. The maximum atomic E-state index is 10.0. The van der Waals surface area contributed by atoms with Gasteiger partial charge in [-0.1, -0.05) is 11.6 Å². The zero-order valence-electron chi connectivity index (χ0n) is 9.63. The molecule has 1 atom stereocenters. The van der Waals surface area contributed by atoms with Crippen LogP contribution < -0.4 is 0 Å². The number of aliphatic hydroxyl groups excluding tert-OH is 1. The lowest BCUT2D eigenvalue weighted by molar-refractivity contribution is 0.170. The fourth-order valence-electron chi connectivity index (χ4n) is 1.67. The van der Waals surface area contributed by atoms with Crippen molar-refractivity contribution in [2.24, 2.45) is 7.05 Å². The Bertz CT molecular complexity index is 512. The first-order valence-corrected chi connectivity index (χ1v) is 5.59. The van der Waals surface area contributed by atoms with E-state index >= 15 is 0 Å². The molecule has 90 valence electrons. The Balaban J connectivity index is 2.22. The number of aryl methyl sites for hydroxylation is 2. The zero-order chi connectivity index (χ0) is 12.4. The second kappa shape index (κ2) is 4.81. The molecule has 2 aromatic heterocycles. The molecule has 0 aliphatic rings. The summed E-state index contributed by atoms with van der Waals surface area (Å²) in [5.74, 6) is 0. The summed E-state index contributed by atoms with van der Waals surface area (Å²) in [6, 6.07) is 0. The van der Waals surface area contributed by atoms with E-state index in [4.69, 9.17) is 11.6 Å². The summed E-state index contributed by atoms with van der Waals surface area (Å²) in [4.78, 5) is 7.98. The molecular formula is C11H13ClN4O. The van der Waals surface area contributed by atoms with Gasteiger partial charge in [0, 0.05) is 25.9 Å². The molecule has 0 aliphatic heterocycles. The molecule has 6 heteroatoms. The molecule has 0 radical (unpaired) electrons. The van der Waals surface area contributed by atoms with E-state index in [0.717, 1.165) is 11.4 Å². The monoisotopic (exact) mass is 252 g/mol. The van der Waals surface area contributed by atoms with Crippen molar-refractivity contribution in [3.05, 3.63) is 40.7 Å². The highest BCUT2D eigenvalue weighted by molar-refractivity contribution is 6.31. The number of hydrogen-bond acceptors (Lipinski definition) is 4. The summed E-state index contributed by atoms with van der Waals surface area (Å²) in [5, 5.41) is 14.8. The average molecular weight is 253 g/mol. The maximum Gasteiger partial charge on any atom is 0.103 e. The molecular weight excluding hydrogens is 240 g/mol. The van der Waals surface area contributed by atoms with Crippen LogP contribution in [0, 0.1) is 6.92 Å². The van der Waals surface area contributed by atoms with E-state index in [0.29, 0.717) is 17.1 Å². The van der Waals surface area contributed by atoms with Gasteiger partial charge in [0.25, 0.3) is 0 Å². The van der Waals surface area contributed by atoms with Gasteiger partial charge in [0.15, 0.2) is 0 Å². The van der Waals surface area contributed by atoms with Crippen molar-refractivity contribution in [2.75, 3.05) is 0 Å². The molecule has 5 nitrogen and oxygen atoms in total. The Labute approximate surface area is 104 Å².